The van der Waals surface area contributed by atoms with E-state index in [1.165, 1.54) is 24.2 Å². The molecule has 0 atom stereocenters. The molecule has 0 spiro atoms. The smallest absolute Gasteiger partial charge is 0.299 e. The van der Waals surface area contributed by atoms with Crippen molar-refractivity contribution in [2.75, 3.05) is 18.6 Å². The summed E-state index contributed by atoms with van der Waals surface area (Å²) in [6.45, 7) is 0.787. The summed E-state index contributed by atoms with van der Waals surface area (Å²) in [5.41, 5.74) is 3.25. The van der Waals surface area contributed by atoms with Crippen LogP contribution in [0.3, 0.4) is 0 Å². The second kappa shape index (κ2) is 12.4. The summed E-state index contributed by atoms with van der Waals surface area (Å²) in [6.07, 6.45) is 8.11. The minimum absolute atomic E-state index is 0.142. The molecule has 1 aliphatic rings. The molecule has 0 bridgehead atoms. The van der Waals surface area contributed by atoms with Crippen LogP contribution in [0.15, 0.2) is 85.1 Å². The standard InChI is InChI=1S/C31H25ClN4O5/c1-40-29-18-22(9-14-25(37)13-8-21-6-11-23(32)12-7-21)10-15-28(29)41-20-24-19-35(34-33-24)16-17-36-27-5-3-2-4-26(27)30(38)31(36)39/h2-15,18-19H,16-17,20H2,1H3/b13-8+,14-9+. The van der Waals surface area contributed by atoms with Gasteiger partial charge >= 0.3 is 0 Å². The summed E-state index contributed by atoms with van der Waals surface area (Å²) in [6, 6.07) is 19.5. The first kappa shape index (κ1) is 27.5. The minimum atomic E-state index is -0.543. The van der Waals surface area contributed by atoms with Crippen LogP contribution in [0.5, 0.6) is 11.5 Å². The lowest BCUT2D eigenvalue weighted by Crippen LogP contribution is -2.32. The second-order valence-corrected chi connectivity index (χ2v) is 9.53. The number of Topliss-reactive ketones (excluding diaryl/α,β-unsaturated/α-hetero) is 1. The van der Waals surface area contributed by atoms with E-state index in [-0.39, 0.29) is 18.9 Å². The molecule has 2 heterocycles. The molecule has 1 amide bonds. The lowest BCUT2D eigenvalue weighted by atomic mass is 10.1. The highest BCUT2D eigenvalue weighted by Crippen LogP contribution is 2.30. The molecule has 0 radical (unpaired) electrons. The number of amides is 1. The monoisotopic (exact) mass is 568 g/mol. The summed E-state index contributed by atoms with van der Waals surface area (Å²) in [5, 5.41) is 8.88. The molecule has 1 aliphatic heterocycles. The number of carbonyl (C=O) groups is 3. The third kappa shape index (κ3) is 6.59. The van der Waals surface area contributed by atoms with E-state index >= 15 is 0 Å². The third-order valence-corrected chi connectivity index (χ3v) is 6.58. The minimum Gasteiger partial charge on any atom is -0.493 e. The van der Waals surface area contributed by atoms with Crippen molar-refractivity contribution in [2.45, 2.75) is 13.2 Å². The normalized spacial score (nSPS) is 12.9. The van der Waals surface area contributed by atoms with Crippen LogP contribution in [-0.4, -0.2) is 46.1 Å². The number of allylic oxidation sites excluding steroid dienone is 2. The highest BCUT2D eigenvalue weighted by molar-refractivity contribution is 6.52. The number of methoxy groups -OCH3 is 1. The zero-order valence-corrected chi connectivity index (χ0v) is 22.8. The number of anilines is 1. The Morgan fingerprint density at radius 3 is 2.44 bits per heavy atom. The Morgan fingerprint density at radius 1 is 0.927 bits per heavy atom. The number of fused-ring (bicyclic) bond motifs is 1. The van der Waals surface area contributed by atoms with Crippen molar-refractivity contribution < 1.29 is 23.9 Å². The fourth-order valence-electron chi connectivity index (χ4n) is 4.23. The van der Waals surface area contributed by atoms with Crippen LogP contribution in [0.4, 0.5) is 5.69 Å². The summed E-state index contributed by atoms with van der Waals surface area (Å²) < 4.78 is 13.0. The van der Waals surface area contributed by atoms with Crippen LogP contribution in [0.1, 0.15) is 27.2 Å². The maximum absolute atomic E-state index is 12.4. The van der Waals surface area contributed by atoms with E-state index in [1.807, 2.05) is 18.2 Å². The number of benzene rings is 3. The number of carbonyl (C=O) groups excluding carboxylic acids is 3. The van der Waals surface area contributed by atoms with Crippen molar-refractivity contribution in [1.82, 2.24) is 15.0 Å². The van der Waals surface area contributed by atoms with Crippen molar-refractivity contribution in [3.05, 3.63) is 112 Å². The average Bonchev–Trinajstić information content (AvgIpc) is 3.55. The number of ketones is 2. The Balaban J connectivity index is 1.15. The molecule has 0 N–H and O–H groups in total. The molecule has 0 unspecified atom stereocenters. The fourth-order valence-corrected chi connectivity index (χ4v) is 4.36. The Bertz CT molecular complexity index is 1660. The average molecular weight is 569 g/mol. The van der Waals surface area contributed by atoms with Crippen LogP contribution < -0.4 is 14.4 Å². The molecular weight excluding hydrogens is 544 g/mol. The van der Waals surface area contributed by atoms with Gasteiger partial charge in [-0.2, -0.15) is 0 Å². The Labute approximate surface area is 241 Å². The second-order valence-electron chi connectivity index (χ2n) is 9.10. The Morgan fingerprint density at radius 2 is 1.66 bits per heavy atom. The van der Waals surface area contributed by atoms with E-state index in [0.717, 1.165) is 11.1 Å². The van der Waals surface area contributed by atoms with Gasteiger partial charge in [-0.05, 0) is 59.7 Å². The van der Waals surface area contributed by atoms with Crippen molar-refractivity contribution in [3.8, 4) is 11.5 Å². The van der Waals surface area contributed by atoms with Crippen molar-refractivity contribution in [1.29, 1.82) is 0 Å². The van der Waals surface area contributed by atoms with Crippen LogP contribution in [-0.2, 0) is 22.7 Å². The van der Waals surface area contributed by atoms with Gasteiger partial charge < -0.3 is 14.4 Å². The molecule has 41 heavy (non-hydrogen) atoms. The molecule has 0 saturated carbocycles. The number of ether oxygens (including phenoxy) is 2. The molecule has 1 aromatic heterocycles. The summed E-state index contributed by atoms with van der Waals surface area (Å²) in [7, 11) is 1.54. The molecule has 0 fully saturated rings. The number of nitrogens with zero attached hydrogens (tertiary/aromatic N) is 4. The van der Waals surface area contributed by atoms with Gasteiger partial charge in [0.25, 0.3) is 11.7 Å². The van der Waals surface area contributed by atoms with Gasteiger partial charge in [0.15, 0.2) is 17.3 Å². The maximum atomic E-state index is 12.4. The first-order chi connectivity index (χ1) is 19.9. The number of para-hydroxylation sites is 1. The number of halogens is 1. The van der Waals surface area contributed by atoms with Crippen LogP contribution in [0.25, 0.3) is 12.2 Å². The topological polar surface area (TPSA) is 104 Å². The molecule has 3 aromatic carbocycles. The molecular formula is C31H25ClN4O5. The van der Waals surface area contributed by atoms with Gasteiger partial charge in [0.05, 0.1) is 31.1 Å². The quantitative estimate of drug-likeness (QED) is 0.184. The first-order valence-electron chi connectivity index (χ1n) is 12.7. The highest BCUT2D eigenvalue weighted by atomic mass is 35.5. The van der Waals surface area contributed by atoms with E-state index in [9.17, 15) is 14.4 Å². The van der Waals surface area contributed by atoms with Gasteiger partial charge in [-0.25, -0.2) is 0 Å². The van der Waals surface area contributed by atoms with Gasteiger partial charge in [-0.15, -0.1) is 5.10 Å². The lowest BCUT2D eigenvalue weighted by molar-refractivity contribution is -0.114. The Hall–Kier alpha value is -5.02. The highest BCUT2D eigenvalue weighted by Gasteiger charge is 2.35. The van der Waals surface area contributed by atoms with E-state index in [0.29, 0.717) is 40.0 Å². The van der Waals surface area contributed by atoms with Crippen molar-refractivity contribution in [3.63, 3.8) is 0 Å². The van der Waals surface area contributed by atoms with E-state index in [2.05, 4.69) is 10.3 Å². The summed E-state index contributed by atoms with van der Waals surface area (Å²) in [5.74, 6) is -0.196. The lowest BCUT2D eigenvalue weighted by Gasteiger charge is -2.15. The van der Waals surface area contributed by atoms with Gasteiger partial charge in [-0.1, -0.05) is 59.3 Å². The number of rotatable bonds is 11. The zero-order valence-electron chi connectivity index (χ0n) is 22.1. The number of aromatic nitrogens is 3. The van der Waals surface area contributed by atoms with Gasteiger partial charge in [0.2, 0.25) is 0 Å². The van der Waals surface area contributed by atoms with Crippen LogP contribution in [0.2, 0.25) is 5.02 Å². The van der Waals surface area contributed by atoms with Crippen LogP contribution in [0, 0.1) is 0 Å². The van der Waals surface area contributed by atoms with E-state index in [1.54, 1.807) is 71.6 Å². The Kier molecular flexibility index (Phi) is 8.36. The maximum Gasteiger partial charge on any atom is 0.299 e. The van der Waals surface area contributed by atoms with E-state index in [4.69, 9.17) is 21.1 Å². The van der Waals surface area contributed by atoms with E-state index < -0.39 is 11.7 Å². The summed E-state index contributed by atoms with van der Waals surface area (Å²) >= 11 is 5.88. The predicted molar refractivity (Wildman–Crippen MR) is 155 cm³/mol. The molecule has 10 heteroatoms. The molecule has 0 aliphatic carbocycles. The van der Waals surface area contributed by atoms with Crippen molar-refractivity contribution in [2.24, 2.45) is 0 Å². The van der Waals surface area contributed by atoms with Gasteiger partial charge in [0, 0.05) is 11.6 Å². The first-order valence-corrected chi connectivity index (χ1v) is 13.1. The molecule has 4 aromatic rings. The molecule has 206 valence electrons. The largest absolute Gasteiger partial charge is 0.493 e. The zero-order chi connectivity index (χ0) is 28.8. The summed E-state index contributed by atoms with van der Waals surface area (Å²) in [4.78, 5) is 38.3. The SMILES string of the molecule is COc1cc(/C=C/C(=O)/C=C/c2ccc(Cl)cc2)ccc1OCc1cn(CCN2C(=O)C(=O)c3ccccc32)nn1. The van der Waals surface area contributed by atoms with Gasteiger partial charge in [-0.3, -0.25) is 19.1 Å². The molecule has 9 nitrogen and oxygen atoms in total. The molecule has 0 saturated heterocycles. The number of hydrogen-bond acceptors (Lipinski definition) is 7. The number of hydrogen-bond donors (Lipinski definition) is 0. The van der Waals surface area contributed by atoms with Gasteiger partial charge in [0.1, 0.15) is 12.3 Å². The van der Waals surface area contributed by atoms with Crippen molar-refractivity contribution >= 4 is 46.9 Å². The molecule has 5 rings (SSSR count). The predicted octanol–water partition coefficient (Wildman–Crippen LogP) is 5.04. The van der Waals surface area contributed by atoms with Crippen LogP contribution >= 0.6 is 11.6 Å². The fraction of sp³-hybridized carbons (Fsp3) is 0.129. The third-order valence-electron chi connectivity index (χ3n) is 6.33.